The molecule has 0 bridgehead atoms. The van der Waals surface area contributed by atoms with Crippen LogP contribution in [0.2, 0.25) is 5.02 Å². The fraction of sp³-hybridized carbons (Fsp3) is 0.0556. The second-order valence-corrected chi connectivity index (χ2v) is 7.28. The summed E-state index contributed by atoms with van der Waals surface area (Å²) < 4.78 is 41.2. The quantitative estimate of drug-likeness (QED) is 0.181. The van der Waals surface area contributed by atoms with Crippen molar-refractivity contribution in [3.05, 3.63) is 57.5 Å². The number of nitrogens with zero attached hydrogens (tertiary/aromatic N) is 1. The van der Waals surface area contributed by atoms with E-state index in [0.717, 1.165) is 5.39 Å². The highest BCUT2D eigenvalue weighted by Crippen LogP contribution is 2.37. The van der Waals surface area contributed by atoms with Crippen LogP contribution < -0.4 is 0 Å². The molecular weight excluding hydrogens is 447 g/mol. The van der Waals surface area contributed by atoms with Gasteiger partial charge in [0.25, 0.3) is 0 Å². The Balaban J connectivity index is 2.05. The van der Waals surface area contributed by atoms with Gasteiger partial charge in [-0.3, -0.25) is 0 Å². The van der Waals surface area contributed by atoms with Crippen molar-refractivity contribution in [3.8, 4) is 11.4 Å². The summed E-state index contributed by atoms with van der Waals surface area (Å²) in [6, 6.07) is 11.7. The highest BCUT2D eigenvalue weighted by molar-refractivity contribution is 9.10. The average molecular weight is 457 g/mol. The molecular formula is C18H10BrClF3N3O. The van der Waals surface area contributed by atoms with Gasteiger partial charge in [-0.15, -0.1) is 0 Å². The molecule has 4 rings (SSSR count). The van der Waals surface area contributed by atoms with Crippen LogP contribution in [0.1, 0.15) is 5.56 Å². The molecule has 0 aliphatic rings. The molecule has 0 amide bonds. The van der Waals surface area contributed by atoms with Gasteiger partial charge in [0.05, 0.1) is 11.4 Å². The zero-order valence-corrected chi connectivity index (χ0v) is 15.7. The van der Waals surface area contributed by atoms with E-state index in [2.05, 4.69) is 31.1 Å². The molecule has 4 aromatic rings. The van der Waals surface area contributed by atoms with Crippen molar-refractivity contribution in [2.45, 2.75) is 6.18 Å². The number of benzene rings is 2. The maximum absolute atomic E-state index is 13.5. The van der Waals surface area contributed by atoms with Crippen LogP contribution in [0.5, 0.6) is 0 Å². The number of H-pyrrole nitrogens is 2. The molecule has 4 nitrogen and oxygen atoms in total. The Morgan fingerprint density at radius 1 is 1.04 bits per heavy atom. The Kier molecular flexibility index (Phi) is 4.20. The number of aromatic amines is 2. The molecule has 9 heteroatoms. The molecule has 0 atom stereocenters. The van der Waals surface area contributed by atoms with Crippen molar-refractivity contribution in [2.75, 3.05) is 0 Å². The maximum Gasteiger partial charge on any atom is 0.437 e. The Bertz CT molecular complexity index is 1210. The predicted molar refractivity (Wildman–Crippen MR) is 103 cm³/mol. The van der Waals surface area contributed by atoms with Crippen molar-refractivity contribution in [2.24, 2.45) is 5.16 Å². The number of hydrogen-bond acceptors (Lipinski definition) is 2. The summed E-state index contributed by atoms with van der Waals surface area (Å²) in [6.07, 6.45) is -4.83. The molecule has 2 aromatic heterocycles. The zero-order valence-electron chi connectivity index (χ0n) is 13.3. The topological polar surface area (TPSA) is 64.2 Å². The van der Waals surface area contributed by atoms with Crippen LogP contribution in [0.15, 0.2) is 52.1 Å². The van der Waals surface area contributed by atoms with E-state index in [9.17, 15) is 13.2 Å². The van der Waals surface area contributed by atoms with E-state index in [4.69, 9.17) is 16.8 Å². The second-order valence-electron chi connectivity index (χ2n) is 5.93. The van der Waals surface area contributed by atoms with Crippen LogP contribution in [0.3, 0.4) is 0 Å². The number of fused-ring (bicyclic) bond motifs is 2. The number of halogens is 5. The number of aromatic nitrogens is 2. The molecule has 0 saturated heterocycles. The molecule has 0 aliphatic carbocycles. The Hall–Kier alpha value is -2.45. The summed E-state index contributed by atoms with van der Waals surface area (Å²) >= 11 is 9.29. The van der Waals surface area contributed by atoms with Crippen LogP contribution in [-0.4, -0.2) is 27.1 Å². The first-order valence-corrected chi connectivity index (χ1v) is 8.84. The molecule has 138 valence electrons. The minimum absolute atomic E-state index is 0.167. The number of nitrogens with one attached hydrogen (secondary N) is 2. The minimum atomic E-state index is -4.83. The van der Waals surface area contributed by atoms with Gasteiger partial charge in [-0.2, -0.15) is 13.2 Å². The van der Waals surface area contributed by atoms with Gasteiger partial charge in [0, 0.05) is 36.9 Å². The molecule has 0 fully saturated rings. The van der Waals surface area contributed by atoms with Crippen molar-refractivity contribution >= 4 is 55.0 Å². The first-order valence-electron chi connectivity index (χ1n) is 7.67. The highest BCUT2D eigenvalue weighted by atomic mass is 79.9. The standard InChI is InChI=1S/C18H10BrClF3N3O/c19-9-2-4-11-13(6-9)25-16(15(11)17(26-27)18(21,22)23)14-5-8-1-3-10(20)7-12(8)24-14/h1-7,24-25,27H. The predicted octanol–water partition coefficient (Wildman–Crippen LogP) is 6.47. The molecule has 0 radical (unpaired) electrons. The third kappa shape index (κ3) is 3.08. The Labute approximate surface area is 163 Å². The summed E-state index contributed by atoms with van der Waals surface area (Å²) in [7, 11) is 0. The molecule has 3 N–H and O–H groups in total. The lowest BCUT2D eigenvalue weighted by molar-refractivity contribution is -0.0600. The fourth-order valence-corrected chi connectivity index (χ4v) is 3.63. The van der Waals surface area contributed by atoms with Crippen LogP contribution >= 0.6 is 27.5 Å². The molecule has 0 aliphatic heterocycles. The molecule has 2 aromatic carbocycles. The van der Waals surface area contributed by atoms with Crippen molar-refractivity contribution in [1.82, 2.24) is 9.97 Å². The third-order valence-corrected chi connectivity index (χ3v) is 4.95. The lowest BCUT2D eigenvalue weighted by Crippen LogP contribution is -2.24. The van der Waals surface area contributed by atoms with Crippen LogP contribution in [-0.2, 0) is 0 Å². The lowest BCUT2D eigenvalue weighted by Gasteiger charge is -2.10. The van der Waals surface area contributed by atoms with Gasteiger partial charge in [0.2, 0.25) is 0 Å². The monoisotopic (exact) mass is 455 g/mol. The number of rotatable bonds is 2. The lowest BCUT2D eigenvalue weighted by atomic mass is 10.0. The van der Waals surface area contributed by atoms with Crippen molar-refractivity contribution in [1.29, 1.82) is 0 Å². The number of alkyl halides is 3. The van der Waals surface area contributed by atoms with Crippen LogP contribution in [0.25, 0.3) is 33.2 Å². The maximum atomic E-state index is 13.5. The Morgan fingerprint density at radius 3 is 2.52 bits per heavy atom. The number of oxime groups is 1. The van der Waals surface area contributed by atoms with Crippen molar-refractivity contribution in [3.63, 3.8) is 0 Å². The van der Waals surface area contributed by atoms with E-state index >= 15 is 0 Å². The third-order valence-electron chi connectivity index (χ3n) is 4.22. The van der Waals surface area contributed by atoms with E-state index in [0.29, 0.717) is 26.2 Å². The summed E-state index contributed by atoms with van der Waals surface area (Å²) in [5, 5.41) is 13.2. The van der Waals surface area contributed by atoms with Gasteiger partial charge < -0.3 is 15.2 Å². The van der Waals surface area contributed by atoms with Crippen LogP contribution in [0.4, 0.5) is 13.2 Å². The van der Waals surface area contributed by atoms with Gasteiger partial charge in [0.15, 0.2) is 5.71 Å². The minimum Gasteiger partial charge on any atom is -0.410 e. The average Bonchev–Trinajstić information content (AvgIpc) is 3.15. The Morgan fingerprint density at radius 2 is 1.81 bits per heavy atom. The van der Waals surface area contributed by atoms with Gasteiger partial charge in [0.1, 0.15) is 0 Å². The van der Waals surface area contributed by atoms with Gasteiger partial charge >= 0.3 is 6.18 Å². The van der Waals surface area contributed by atoms with E-state index < -0.39 is 11.9 Å². The largest absolute Gasteiger partial charge is 0.437 e. The highest BCUT2D eigenvalue weighted by Gasteiger charge is 2.41. The SMILES string of the molecule is ON=C(c1c(-c2cc3ccc(Cl)cc3[nH]2)[nH]c2cc(Br)ccc12)C(F)(F)F. The van der Waals surface area contributed by atoms with Crippen LogP contribution in [0, 0.1) is 0 Å². The summed E-state index contributed by atoms with van der Waals surface area (Å²) in [4.78, 5) is 6.07. The molecule has 0 spiro atoms. The normalized spacial score (nSPS) is 13.0. The van der Waals surface area contributed by atoms with E-state index in [1.54, 1.807) is 36.4 Å². The second kappa shape index (κ2) is 6.31. The first-order chi connectivity index (χ1) is 12.8. The molecule has 0 saturated carbocycles. The molecule has 2 heterocycles. The summed E-state index contributed by atoms with van der Waals surface area (Å²) in [5.41, 5.74) is 0.127. The number of hydrogen-bond donors (Lipinski definition) is 3. The van der Waals surface area contributed by atoms with E-state index in [1.807, 2.05) is 0 Å². The van der Waals surface area contributed by atoms with E-state index in [-0.39, 0.29) is 16.6 Å². The zero-order chi connectivity index (χ0) is 19.3. The van der Waals surface area contributed by atoms with Crippen molar-refractivity contribution < 1.29 is 18.4 Å². The van der Waals surface area contributed by atoms with Gasteiger partial charge in [-0.25, -0.2) is 0 Å². The first kappa shape index (κ1) is 17.9. The fourth-order valence-electron chi connectivity index (χ4n) is 3.10. The van der Waals surface area contributed by atoms with E-state index in [1.165, 1.54) is 6.07 Å². The smallest absolute Gasteiger partial charge is 0.410 e. The van der Waals surface area contributed by atoms with Gasteiger partial charge in [-0.05, 0) is 30.3 Å². The molecule has 27 heavy (non-hydrogen) atoms. The summed E-state index contributed by atoms with van der Waals surface area (Å²) in [5.74, 6) is 0. The molecule has 0 unspecified atom stereocenters. The summed E-state index contributed by atoms with van der Waals surface area (Å²) in [6.45, 7) is 0. The van der Waals surface area contributed by atoms with Gasteiger partial charge in [-0.1, -0.05) is 44.8 Å².